The molecular weight excluding hydrogens is 218 g/mol. The van der Waals surface area contributed by atoms with Crippen LogP contribution in [0.15, 0.2) is 18.2 Å². The molecule has 0 aliphatic carbocycles. The van der Waals surface area contributed by atoms with Crippen LogP contribution in [0.3, 0.4) is 0 Å². The van der Waals surface area contributed by atoms with Crippen molar-refractivity contribution in [3.8, 4) is 0 Å². The summed E-state index contributed by atoms with van der Waals surface area (Å²) in [5.74, 6) is -3.13. The molecule has 0 bridgehead atoms. The maximum Gasteiger partial charge on any atom is 0.236 e. The third-order valence-corrected chi connectivity index (χ3v) is 1.81. The number of hydrogen-bond donors (Lipinski definition) is 2. The minimum absolute atomic E-state index is 0.134. The molecule has 4 nitrogen and oxygen atoms in total. The Bertz CT molecular complexity index is 421. The summed E-state index contributed by atoms with van der Waals surface area (Å²) in [7, 11) is 0. The predicted octanol–water partition coefficient (Wildman–Crippen LogP) is 0.109. The number of primary amides is 1. The summed E-state index contributed by atoms with van der Waals surface area (Å²) >= 11 is 0. The smallest absolute Gasteiger partial charge is 0.236 e. The van der Waals surface area contributed by atoms with Crippen LogP contribution >= 0.6 is 0 Å². The lowest BCUT2D eigenvalue weighted by atomic mass is 10.1. The van der Waals surface area contributed by atoms with Crippen LogP contribution in [0, 0.1) is 11.6 Å². The van der Waals surface area contributed by atoms with Crippen LogP contribution in [0.1, 0.15) is 5.56 Å². The lowest BCUT2D eigenvalue weighted by Gasteiger charge is -2.03. The first-order valence-corrected chi connectivity index (χ1v) is 4.48. The normalized spacial score (nSPS) is 9.88. The summed E-state index contributed by atoms with van der Waals surface area (Å²) in [6.45, 7) is -0.275. The SMILES string of the molecule is NC(=O)CNC(=O)Cc1ccc(F)c(F)c1. The Morgan fingerprint density at radius 2 is 1.94 bits per heavy atom. The van der Waals surface area contributed by atoms with Crippen molar-refractivity contribution in [2.24, 2.45) is 5.73 Å². The van der Waals surface area contributed by atoms with Crippen molar-refractivity contribution in [2.75, 3.05) is 6.54 Å². The van der Waals surface area contributed by atoms with E-state index < -0.39 is 23.4 Å². The van der Waals surface area contributed by atoms with Crippen LogP contribution in [0.2, 0.25) is 0 Å². The highest BCUT2D eigenvalue weighted by Gasteiger charge is 2.07. The third-order valence-electron chi connectivity index (χ3n) is 1.81. The molecule has 1 aromatic carbocycles. The van der Waals surface area contributed by atoms with E-state index in [-0.39, 0.29) is 13.0 Å². The standard InChI is InChI=1S/C10H10F2N2O2/c11-7-2-1-6(3-8(7)12)4-10(16)14-5-9(13)15/h1-3H,4-5H2,(H2,13,15)(H,14,16). The van der Waals surface area contributed by atoms with E-state index in [9.17, 15) is 18.4 Å². The van der Waals surface area contributed by atoms with Crippen molar-refractivity contribution < 1.29 is 18.4 Å². The zero-order valence-electron chi connectivity index (χ0n) is 8.30. The van der Waals surface area contributed by atoms with Crippen molar-refractivity contribution in [3.63, 3.8) is 0 Å². The number of nitrogens with one attached hydrogen (secondary N) is 1. The minimum Gasteiger partial charge on any atom is -0.368 e. The summed E-state index contributed by atoms with van der Waals surface area (Å²) in [5, 5.41) is 2.23. The van der Waals surface area contributed by atoms with Crippen LogP contribution in [-0.4, -0.2) is 18.4 Å². The molecule has 0 aromatic heterocycles. The number of nitrogens with two attached hydrogens (primary N) is 1. The fourth-order valence-corrected chi connectivity index (χ4v) is 1.08. The van der Waals surface area contributed by atoms with Gasteiger partial charge in [-0.05, 0) is 17.7 Å². The van der Waals surface area contributed by atoms with Gasteiger partial charge in [-0.3, -0.25) is 9.59 Å². The molecular formula is C10H10F2N2O2. The summed E-state index contributed by atoms with van der Waals surface area (Å²) in [5.41, 5.74) is 5.14. The van der Waals surface area contributed by atoms with E-state index in [1.54, 1.807) is 0 Å². The van der Waals surface area contributed by atoms with Crippen LogP contribution in [0.5, 0.6) is 0 Å². The molecule has 0 saturated carbocycles. The van der Waals surface area contributed by atoms with E-state index in [2.05, 4.69) is 5.32 Å². The van der Waals surface area contributed by atoms with E-state index >= 15 is 0 Å². The second-order valence-electron chi connectivity index (χ2n) is 3.17. The van der Waals surface area contributed by atoms with Gasteiger partial charge in [-0.15, -0.1) is 0 Å². The van der Waals surface area contributed by atoms with Crippen LogP contribution < -0.4 is 11.1 Å². The lowest BCUT2D eigenvalue weighted by molar-refractivity contribution is -0.124. The molecule has 0 spiro atoms. The monoisotopic (exact) mass is 228 g/mol. The maximum absolute atomic E-state index is 12.8. The van der Waals surface area contributed by atoms with Gasteiger partial charge in [-0.25, -0.2) is 8.78 Å². The Kier molecular flexibility index (Phi) is 3.93. The molecule has 16 heavy (non-hydrogen) atoms. The Labute approximate surface area is 90.4 Å². The van der Waals surface area contributed by atoms with Gasteiger partial charge in [0.2, 0.25) is 11.8 Å². The van der Waals surface area contributed by atoms with E-state index in [1.807, 2.05) is 0 Å². The van der Waals surface area contributed by atoms with Gasteiger partial charge in [-0.1, -0.05) is 6.07 Å². The number of amides is 2. The molecule has 86 valence electrons. The molecule has 0 atom stereocenters. The molecule has 6 heteroatoms. The van der Waals surface area contributed by atoms with Crippen molar-refractivity contribution in [3.05, 3.63) is 35.4 Å². The Morgan fingerprint density at radius 1 is 1.25 bits per heavy atom. The van der Waals surface area contributed by atoms with E-state index in [0.29, 0.717) is 5.56 Å². The summed E-state index contributed by atoms with van der Waals surface area (Å²) in [6.07, 6.45) is -0.134. The highest BCUT2D eigenvalue weighted by molar-refractivity contribution is 5.84. The van der Waals surface area contributed by atoms with E-state index in [0.717, 1.165) is 12.1 Å². The maximum atomic E-state index is 12.8. The predicted molar refractivity (Wildman–Crippen MR) is 52.3 cm³/mol. The first-order chi connectivity index (χ1) is 7.49. The molecule has 0 radical (unpaired) electrons. The van der Waals surface area contributed by atoms with Crippen LogP contribution in [0.25, 0.3) is 0 Å². The third kappa shape index (κ3) is 3.64. The Hall–Kier alpha value is -1.98. The van der Waals surface area contributed by atoms with Crippen LogP contribution in [0.4, 0.5) is 8.78 Å². The first-order valence-electron chi connectivity index (χ1n) is 4.48. The van der Waals surface area contributed by atoms with Crippen molar-refractivity contribution in [1.29, 1.82) is 0 Å². The van der Waals surface area contributed by atoms with E-state index in [1.165, 1.54) is 6.07 Å². The zero-order chi connectivity index (χ0) is 12.1. The van der Waals surface area contributed by atoms with Crippen molar-refractivity contribution >= 4 is 11.8 Å². The van der Waals surface area contributed by atoms with Gasteiger partial charge in [0.05, 0.1) is 13.0 Å². The topological polar surface area (TPSA) is 72.2 Å². The molecule has 0 aliphatic heterocycles. The van der Waals surface area contributed by atoms with Gasteiger partial charge in [0.15, 0.2) is 11.6 Å². The average molecular weight is 228 g/mol. The highest BCUT2D eigenvalue weighted by atomic mass is 19.2. The number of carbonyl (C=O) groups excluding carboxylic acids is 2. The Balaban J connectivity index is 2.56. The molecule has 0 saturated heterocycles. The largest absolute Gasteiger partial charge is 0.368 e. The number of benzene rings is 1. The Morgan fingerprint density at radius 3 is 2.50 bits per heavy atom. The van der Waals surface area contributed by atoms with Gasteiger partial charge in [0.1, 0.15) is 0 Å². The van der Waals surface area contributed by atoms with Gasteiger partial charge in [0.25, 0.3) is 0 Å². The lowest BCUT2D eigenvalue weighted by Crippen LogP contribution is -2.34. The molecule has 1 rings (SSSR count). The first kappa shape index (κ1) is 12.1. The number of hydrogen-bond acceptors (Lipinski definition) is 2. The number of carbonyl (C=O) groups is 2. The van der Waals surface area contributed by atoms with Crippen molar-refractivity contribution in [2.45, 2.75) is 6.42 Å². The zero-order valence-corrected chi connectivity index (χ0v) is 8.30. The second kappa shape index (κ2) is 5.20. The second-order valence-corrected chi connectivity index (χ2v) is 3.17. The minimum atomic E-state index is -1.01. The van der Waals surface area contributed by atoms with Crippen LogP contribution in [-0.2, 0) is 16.0 Å². The summed E-state index contributed by atoms with van der Waals surface area (Å²) in [4.78, 5) is 21.5. The van der Waals surface area contributed by atoms with Gasteiger partial charge >= 0.3 is 0 Å². The average Bonchev–Trinajstić information content (AvgIpc) is 2.21. The molecule has 0 unspecified atom stereocenters. The summed E-state index contributed by atoms with van der Waals surface area (Å²) < 4.78 is 25.3. The molecule has 0 heterocycles. The van der Waals surface area contributed by atoms with Gasteiger partial charge in [0, 0.05) is 0 Å². The molecule has 0 fully saturated rings. The summed E-state index contributed by atoms with van der Waals surface area (Å²) in [6, 6.07) is 3.16. The number of rotatable bonds is 4. The molecule has 2 amide bonds. The quantitative estimate of drug-likeness (QED) is 0.767. The number of halogens is 2. The van der Waals surface area contributed by atoms with Crippen molar-refractivity contribution in [1.82, 2.24) is 5.32 Å². The van der Waals surface area contributed by atoms with E-state index in [4.69, 9.17) is 5.73 Å². The molecule has 0 aliphatic rings. The van der Waals surface area contributed by atoms with Gasteiger partial charge in [-0.2, -0.15) is 0 Å². The highest BCUT2D eigenvalue weighted by Crippen LogP contribution is 2.08. The fraction of sp³-hybridized carbons (Fsp3) is 0.200. The fourth-order valence-electron chi connectivity index (χ4n) is 1.08. The molecule has 1 aromatic rings. The van der Waals surface area contributed by atoms with Gasteiger partial charge < -0.3 is 11.1 Å². The molecule has 3 N–H and O–H groups in total.